The molecule has 4 aliphatic heterocycles. The third-order valence-corrected chi connectivity index (χ3v) is 21.3. The minimum Gasteiger partial charge on any atom is -0.496 e. The summed E-state index contributed by atoms with van der Waals surface area (Å²) in [6.45, 7) is 21.7. The lowest BCUT2D eigenvalue weighted by Crippen LogP contribution is -2.66. The van der Waals surface area contributed by atoms with Gasteiger partial charge in [-0.25, -0.2) is 24.5 Å². The standard InChI is InChI=1S/C27H32N2O5.C27H28N2O5.C26H32N2O5/c2*1-13-8-17-10-20(28-22(12-30)23(17)26(33-6)16(13)4)24-18-9-14(2)15(3)25(32-5)19(18)11-21(29-24)27(31)34-7;1-12-7-15-8-19-23-16-10-21(31-4)14(3)24(32-5)17(16)9-18(27-23)26(30)28(19)20(11-29)22(15)25(33-6)13(12)2/h8-9,11,20,22,28,30H,10,12H2,1-7H3;8-11,30H,12H2,1-7H3;7,10,18-20,23,27,29H,8-9,11H2,1-6H3/t20-,22-;;18-,19-,20-,23+/m0.0/s1. The summed E-state index contributed by atoms with van der Waals surface area (Å²) < 4.78 is 50.1. The number of carbonyl (C=O) groups is 3. The average molecular weight is 1380 g/mol. The fraction of sp³-hybridized carbons (Fsp3) is 0.400. The Balaban J connectivity index is 0.000000152. The van der Waals surface area contributed by atoms with Gasteiger partial charge in [0.25, 0.3) is 0 Å². The summed E-state index contributed by atoms with van der Waals surface area (Å²) in [5.74, 6) is 4.17. The first-order chi connectivity index (χ1) is 48.3. The Bertz CT molecular complexity index is 4840. The topological polar surface area (TPSA) is 261 Å². The van der Waals surface area contributed by atoms with Crippen LogP contribution in [0.2, 0.25) is 0 Å². The van der Waals surface area contributed by atoms with E-state index in [0.29, 0.717) is 53.6 Å². The maximum absolute atomic E-state index is 13.8. The highest BCUT2D eigenvalue weighted by Crippen LogP contribution is 2.51. The highest BCUT2D eigenvalue weighted by Gasteiger charge is 2.52. The van der Waals surface area contributed by atoms with Crippen LogP contribution in [0.1, 0.15) is 151 Å². The summed E-state index contributed by atoms with van der Waals surface area (Å²) in [7, 11) is 14.2. The molecule has 13 rings (SSSR count). The molecule has 6 atom stereocenters. The molecule has 532 valence electrons. The van der Waals surface area contributed by atoms with Crippen molar-refractivity contribution in [2.24, 2.45) is 0 Å². The van der Waals surface area contributed by atoms with E-state index in [1.54, 1.807) is 61.9 Å². The zero-order valence-electron chi connectivity index (χ0n) is 61.4. The summed E-state index contributed by atoms with van der Waals surface area (Å²) in [6.07, 6.45) is 1.85. The van der Waals surface area contributed by atoms with Crippen molar-refractivity contribution < 1.29 is 72.3 Å². The van der Waals surface area contributed by atoms with Crippen molar-refractivity contribution in [3.63, 3.8) is 0 Å². The number of hydrogen-bond acceptors (Lipinski definition) is 20. The molecule has 9 aromatic rings. The number of amides is 1. The van der Waals surface area contributed by atoms with Crippen LogP contribution in [-0.4, -0.2) is 142 Å². The van der Waals surface area contributed by atoms with Crippen LogP contribution in [-0.2, 0) is 40.1 Å². The summed E-state index contributed by atoms with van der Waals surface area (Å²) >= 11 is 0. The van der Waals surface area contributed by atoms with Gasteiger partial charge in [-0.3, -0.25) is 15.4 Å². The number of fused-ring (bicyclic) bond motifs is 11. The molecule has 1 saturated heterocycles. The van der Waals surface area contributed by atoms with Crippen molar-refractivity contribution in [2.45, 2.75) is 138 Å². The molecule has 101 heavy (non-hydrogen) atoms. The Morgan fingerprint density at radius 3 is 1.55 bits per heavy atom. The molecule has 1 fully saturated rings. The molecular weight excluding hydrogens is 1280 g/mol. The van der Waals surface area contributed by atoms with Crippen molar-refractivity contribution in [3.05, 3.63) is 172 Å². The van der Waals surface area contributed by atoms with Crippen LogP contribution >= 0.6 is 0 Å². The molecular formula is C80H92N6O15. The van der Waals surface area contributed by atoms with Crippen molar-refractivity contribution in [3.8, 4) is 51.6 Å². The van der Waals surface area contributed by atoms with Crippen molar-refractivity contribution in [2.75, 3.05) is 77.2 Å². The van der Waals surface area contributed by atoms with Gasteiger partial charge in [-0.15, -0.1) is 0 Å². The number of hydrogen-bond donors (Lipinski definition) is 5. The van der Waals surface area contributed by atoms with E-state index in [1.165, 1.54) is 14.2 Å². The van der Waals surface area contributed by atoms with Crippen molar-refractivity contribution in [1.29, 1.82) is 0 Å². The molecule has 2 bridgehead atoms. The summed E-state index contributed by atoms with van der Waals surface area (Å²) in [6, 6.07) is 16.3. The number of piperazine rings is 1. The van der Waals surface area contributed by atoms with Crippen molar-refractivity contribution >= 4 is 50.2 Å². The second-order valence-electron chi connectivity index (χ2n) is 26.6. The molecule has 0 saturated carbocycles. The van der Waals surface area contributed by atoms with Crippen molar-refractivity contribution in [1.82, 2.24) is 30.5 Å². The van der Waals surface area contributed by atoms with Gasteiger partial charge in [0.15, 0.2) is 0 Å². The zero-order valence-corrected chi connectivity index (χ0v) is 61.4. The number of benzene rings is 6. The lowest BCUT2D eigenvalue weighted by Gasteiger charge is -2.54. The number of aryl methyl sites for hydroxylation is 5. The first-order valence-corrected chi connectivity index (χ1v) is 33.7. The second kappa shape index (κ2) is 29.1. The molecule has 3 aromatic heterocycles. The lowest BCUT2D eigenvalue weighted by atomic mass is 9.74. The number of carbonyl (C=O) groups excluding carboxylic acids is 3. The van der Waals surface area contributed by atoms with E-state index in [9.17, 15) is 29.7 Å². The fourth-order valence-electron chi connectivity index (χ4n) is 15.8. The predicted molar refractivity (Wildman–Crippen MR) is 387 cm³/mol. The lowest BCUT2D eigenvalue weighted by molar-refractivity contribution is -0.147. The number of methoxy groups -OCH3 is 9. The molecule has 5 N–H and O–H groups in total. The maximum Gasteiger partial charge on any atom is 0.356 e. The molecule has 21 nitrogen and oxygen atoms in total. The maximum atomic E-state index is 13.8. The largest absolute Gasteiger partial charge is 0.496 e. The number of pyridine rings is 3. The van der Waals surface area contributed by atoms with Gasteiger partial charge < -0.3 is 62.9 Å². The van der Waals surface area contributed by atoms with E-state index in [0.717, 1.165) is 156 Å². The van der Waals surface area contributed by atoms with Gasteiger partial charge in [0.05, 0.1) is 143 Å². The van der Waals surface area contributed by atoms with Gasteiger partial charge in [-0.05, 0) is 203 Å². The zero-order chi connectivity index (χ0) is 73.1. The van der Waals surface area contributed by atoms with Gasteiger partial charge >= 0.3 is 11.9 Å². The first kappa shape index (κ1) is 72.6. The molecule has 21 heteroatoms. The Kier molecular flexibility index (Phi) is 20.9. The third-order valence-electron chi connectivity index (χ3n) is 21.3. The van der Waals surface area contributed by atoms with Crippen LogP contribution in [0.4, 0.5) is 0 Å². The predicted octanol–water partition coefficient (Wildman–Crippen LogP) is 11.9. The third kappa shape index (κ3) is 12.4. The fourth-order valence-corrected chi connectivity index (χ4v) is 15.8. The van der Waals surface area contributed by atoms with E-state index in [2.05, 4.69) is 53.7 Å². The molecule has 7 heterocycles. The number of ether oxygens (including phenoxy) is 9. The van der Waals surface area contributed by atoms with Crippen LogP contribution in [0.3, 0.4) is 0 Å². The summed E-state index contributed by atoms with van der Waals surface area (Å²) in [5.41, 5.74) is 20.4. The molecule has 0 aliphatic carbocycles. The normalized spacial score (nSPS) is 17.9. The SMILES string of the molecule is COC(=O)c1cc2c(OC)c(C)c(C)cc2c(-c2cc3cc(C)c(C)c(OC)c3c(CO)n2)n1.COC(=O)c1cc2c(OC)c(C)c(C)cc2c([C@@H]2Cc3cc(C)c(C)c(OC)c3[C@H](CO)N2)n1.COc1cc2c(c(OC)c1C)C[C@@H]1N[C@H]2[C@@H]2Cc3cc(C)c(C)c(OC)c3[C@H](CO)N2C1=O. The molecule has 0 spiro atoms. The van der Waals surface area contributed by atoms with Crippen LogP contribution in [0.5, 0.6) is 40.2 Å². The minimum atomic E-state index is -0.556. The highest BCUT2D eigenvalue weighted by molar-refractivity contribution is 6.05. The van der Waals surface area contributed by atoms with Crippen LogP contribution in [0.25, 0.3) is 43.7 Å². The number of nitrogens with zero attached hydrogens (tertiary/aromatic N) is 4. The number of esters is 2. The molecule has 6 aromatic carbocycles. The second-order valence-corrected chi connectivity index (χ2v) is 26.6. The smallest absolute Gasteiger partial charge is 0.356 e. The van der Waals surface area contributed by atoms with E-state index in [1.807, 2.05) is 85.4 Å². The van der Waals surface area contributed by atoms with Crippen LogP contribution < -0.4 is 43.8 Å². The van der Waals surface area contributed by atoms with Gasteiger partial charge in [-0.2, -0.15) is 0 Å². The molecule has 4 aliphatic rings. The number of rotatable bonds is 14. The van der Waals surface area contributed by atoms with Crippen LogP contribution in [0, 0.1) is 76.2 Å². The van der Waals surface area contributed by atoms with Gasteiger partial charge in [-0.1, -0.05) is 18.2 Å². The van der Waals surface area contributed by atoms with Gasteiger partial charge in [0.2, 0.25) is 5.91 Å². The Morgan fingerprint density at radius 2 is 1.01 bits per heavy atom. The van der Waals surface area contributed by atoms with Gasteiger partial charge in [0.1, 0.15) is 51.6 Å². The highest BCUT2D eigenvalue weighted by atomic mass is 16.5. The number of aliphatic hydroxyl groups is 3. The molecule has 1 amide bonds. The van der Waals surface area contributed by atoms with E-state index < -0.39 is 18.0 Å². The summed E-state index contributed by atoms with van der Waals surface area (Å²) in [5, 5.41) is 43.1. The Morgan fingerprint density at radius 1 is 0.495 bits per heavy atom. The molecule has 0 radical (unpaired) electrons. The Labute approximate surface area is 589 Å². The first-order valence-electron chi connectivity index (χ1n) is 33.7. The van der Waals surface area contributed by atoms with E-state index >= 15 is 0 Å². The number of nitrogens with one attached hydrogen (secondary N) is 2. The minimum absolute atomic E-state index is 0.0161. The van der Waals surface area contributed by atoms with E-state index in [-0.39, 0.29) is 67.3 Å². The quantitative estimate of drug-likeness (QED) is 0.0634. The monoisotopic (exact) mass is 1380 g/mol. The molecule has 0 unspecified atom stereocenters. The van der Waals surface area contributed by atoms with Gasteiger partial charge in [0, 0.05) is 55.6 Å². The average Bonchev–Trinajstić information content (AvgIpc) is 0.720. The van der Waals surface area contributed by atoms with E-state index in [4.69, 9.17) is 52.6 Å². The number of aliphatic hydroxyl groups excluding tert-OH is 3. The summed E-state index contributed by atoms with van der Waals surface area (Å²) in [4.78, 5) is 54.9. The Hall–Kier alpha value is -9.64. The van der Waals surface area contributed by atoms with Crippen LogP contribution in [0.15, 0.2) is 54.6 Å². The number of aromatic nitrogens is 3.